The molecule has 0 aliphatic rings. The number of hydrogen-bond acceptors (Lipinski definition) is 5. The van der Waals surface area contributed by atoms with E-state index in [1.807, 2.05) is 11.1 Å². The van der Waals surface area contributed by atoms with Gasteiger partial charge in [0.2, 0.25) is 5.78 Å². The third-order valence-electron chi connectivity index (χ3n) is 3.51. The van der Waals surface area contributed by atoms with Crippen molar-refractivity contribution in [3.63, 3.8) is 0 Å². The molecule has 0 fully saturated rings. The molecular formula is C17H14N4O3. The minimum Gasteiger partial charge on any atom is -0.287 e. The zero-order chi connectivity index (χ0) is 18.0. The van der Waals surface area contributed by atoms with Crippen molar-refractivity contribution in [1.82, 2.24) is 9.55 Å². The molecule has 0 atom stereocenters. The average Bonchev–Trinajstić information content (AvgIpc) is 2.52. The van der Waals surface area contributed by atoms with E-state index in [0.29, 0.717) is 10.1 Å². The van der Waals surface area contributed by atoms with Crippen molar-refractivity contribution in [3.8, 4) is 12.3 Å². The van der Waals surface area contributed by atoms with Crippen LogP contribution >= 0.6 is 0 Å². The van der Waals surface area contributed by atoms with Crippen LogP contribution in [0.4, 0.5) is 0 Å². The number of ketones is 1. The van der Waals surface area contributed by atoms with Crippen LogP contribution in [0.1, 0.15) is 52.5 Å². The van der Waals surface area contributed by atoms with Crippen LogP contribution < -0.4 is 11.2 Å². The van der Waals surface area contributed by atoms with Crippen molar-refractivity contribution in [3.05, 3.63) is 67.0 Å². The van der Waals surface area contributed by atoms with Crippen LogP contribution in [-0.4, -0.2) is 15.3 Å². The number of hydrogen-bond donors (Lipinski definition) is 1. The summed E-state index contributed by atoms with van der Waals surface area (Å²) in [5, 5.41) is 18.3. The molecule has 2 rings (SSSR count). The molecule has 0 radical (unpaired) electrons. The van der Waals surface area contributed by atoms with Gasteiger partial charge in [-0.15, -0.1) is 0 Å². The third kappa shape index (κ3) is 2.88. The summed E-state index contributed by atoms with van der Waals surface area (Å²) >= 11 is 0. The Morgan fingerprint density at radius 3 is 2.42 bits per heavy atom. The Bertz CT molecular complexity index is 1030. The molecule has 0 saturated heterocycles. The fourth-order valence-corrected chi connectivity index (χ4v) is 2.52. The predicted molar refractivity (Wildman–Crippen MR) is 85.7 cm³/mol. The van der Waals surface area contributed by atoms with E-state index in [0.717, 1.165) is 0 Å². The van der Waals surface area contributed by atoms with Crippen LogP contribution in [0.5, 0.6) is 0 Å². The minimum atomic E-state index is -0.969. The Morgan fingerprint density at radius 1 is 1.21 bits per heavy atom. The number of aryl methyl sites for hydroxylation is 1. The van der Waals surface area contributed by atoms with Gasteiger partial charge in [0.05, 0.1) is 11.6 Å². The molecular weight excluding hydrogens is 308 g/mol. The van der Waals surface area contributed by atoms with E-state index in [1.54, 1.807) is 39.1 Å². The number of benzene rings is 1. The van der Waals surface area contributed by atoms with Crippen LogP contribution in [0, 0.1) is 29.7 Å². The lowest BCUT2D eigenvalue weighted by Gasteiger charge is -2.13. The van der Waals surface area contributed by atoms with Gasteiger partial charge in [0, 0.05) is 11.1 Å². The summed E-state index contributed by atoms with van der Waals surface area (Å²) in [5.74, 6) is -1.03. The SMILES string of the molecule is Cc1cc(C#N)cc(C(=O)c2c(C(C)C)c(=O)[nH]c(=O)n2C#N)c1. The predicted octanol–water partition coefficient (Wildman–Crippen LogP) is 1.40. The Morgan fingerprint density at radius 2 is 1.88 bits per heavy atom. The van der Waals surface area contributed by atoms with E-state index in [2.05, 4.69) is 0 Å². The average molecular weight is 322 g/mol. The van der Waals surface area contributed by atoms with Gasteiger partial charge in [-0.25, -0.2) is 4.79 Å². The number of H-pyrrole nitrogens is 1. The molecule has 1 aromatic carbocycles. The summed E-state index contributed by atoms with van der Waals surface area (Å²) in [7, 11) is 0. The smallest absolute Gasteiger partial charge is 0.287 e. The highest BCUT2D eigenvalue weighted by Crippen LogP contribution is 2.19. The van der Waals surface area contributed by atoms with Crippen molar-refractivity contribution in [2.45, 2.75) is 26.7 Å². The van der Waals surface area contributed by atoms with Crippen molar-refractivity contribution in [1.29, 1.82) is 10.5 Å². The molecule has 1 aromatic heterocycles. The zero-order valence-electron chi connectivity index (χ0n) is 13.4. The van der Waals surface area contributed by atoms with E-state index < -0.39 is 17.0 Å². The number of aromatic nitrogens is 2. The number of carbonyl (C=O) groups is 1. The number of aromatic amines is 1. The number of nitriles is 2. The van der Waals surface area contributed by atoms with E-state index in [9.17, 15) is 19.6 Å². The van der Waals surface area contributed by atoms with Gasteiger partial charge in [-0.3, -0.25) is 14.6 Å². The molecule has 0 unspecified atom stereocenters. The highest BCUT2D eigenvalue weighted by molar-refractivity contribution is 6.09. The molecule has 120 valence electrons. The summed E-state index contributed by atoms with van der Waals surface area (Å²) in [6, 6.07) is 6.47. The Labute approximate surface area is 137 Å². The van der Waals surface area contributed by atoms with Crippen molar-refractivity contribution in [2.24, 2.45) is 0 Å². The van der Waals surface area contributed by atoms with Gasteiger partial charge in [0.1, 0.15) is 5.69 Å². The fraction of sp³-hybridized carbons (Fsp3) is 0.235. The van der Waals surface area contributed by atoms with E-state index in [1.165, 1.54) is 6.07 Å². The standard InChI is InChI=1S/C17H14N4O3/c1-9(2)13-14(21(8-19)17(24)20-16(13)23)15(22)12-5-10(3)4-11(6-12)7-18/h4-6,9H,1-3H3,(H,20,23,24). The first-order valence-electron chi connectivity index (χ1n) is 7.16. The van der Waals surface area contributed by atoms with Crippen molar-refractivity contribution in [2.75, 3.05) is 0 Å². The highest BCUT2D eigenvalue weighted by Gasteiger charge is 2.25. The number of carbonyl (C=O) groups excluding carboxylic acids is 1. The lowest BCUT2D eigenvalue weighted by atomic mass is 9.95. The van der Waals surface area contributed by atoms with Gasteiger partial charge in [0.25, 0.3) is 5.56 Å². The molecule has 0 aliphatic carbocycles. The molecule has 1 heterocycles. The monoisotopic (exact) mass is 322 g/mol. The molecule has 0 aliphatic heterocycles. The molecule has 24 heavy (non-hydrogen) atoms. The maximum absolute atomic E-state index is 12.9. The maximum Gasteiger partial charge on any atom is 0.342 e. The van der Waals surface area contributed by atoms with Gasteiger partial charge in [-0.1, -0.05) is 13.8 Å². The minimum absolute atomic E-state index is 0.0566. The van der Waals surface area contributed by atoms with E-state index in [-0.39, 0.29) is 28.3 Å². The molecule has 0 bridgehead atoms. The first-order valence-corrected chi connectivity index (χ1v) is 7.16. The quantitative estimate of drug-likeness (QED) is 0.856. The van der Waals surface area contributed by atoms with E-state index >= 15 is 0 Å². The molecule has 7 nitrogen and oxygen atoms in total. The second-order valence-corrected chi connectivity index (χ2v) is 5.64. The highest BCUT2D eigenvalue weighted by atomic mass is 16.2. The van der Waals surface area contributed by atoms with E-state index in [4.69, 9.17) is 5.26 Å². The lowest BCUT2D eigenvalue weighted by Crippen LogP contribution is -2.36. The second kappa shape index (κ2) is 6.35. The van der Waals surface area contributed by atoms with Gasteiger partial charge < -0.3 is 0 Å². The van der Waals surface area contributed by atoms with Gasteiger partial charge >= 0.3 is 5.69 Å². The number of rotatable bonds is 3. The molecule has 7 heteroatoms. The van der Waals surface area contributed by atoms with Gasteiger partial charge in [-0.2, -0.15) is 15.1 Å². The second-order valence-electron chi connectivity index (χ2n) is 5.64. The number of nitrogens with one attached hydrogen (secondary N) is 1. The third-order valence-corrected chi connectivity index (χ3v) is 3.51. The fourth-order valence-electron chi connectivity index (χ4n) is 2.52. The molecule has 1 N–H and O–H groups in total. The molecule has 0 saturated carbocycles. The van der Waals surface area contributed by atoms with Crippen LogP contribution in [0.2, 0.25) is 0 Å². The first-order chi connectivity index (χ1) is 11.3. The summed E-state index contributed by atoms with van der Waals surface area (Å²) < 4.78 is 0.577. The topological polar surface area (TPSA) is 120 Å². The summed E-state index contributed by atoms with van der Waals surface area (Å²) in [4.78, 5) is 38.9. The molecule has 2 aromatic rings. The largest absolute Gasteiger partial charge is 0.342 e. The zero-order valence-corrected chi connectivity index (χ0v) is 13.4. The van der Waals surface area contributed by atoms with Crippen LogP contribution in [0.3, 0.4) is 0 Å². The summed E-state index contributed by atoms with van der Waals surface area (Å²) in [6.07, 6.45) is 1.63. The number of nitrogens with zero attached hydrogens (tertiary/aromatic N) is 3. The van der Waals surface area contributed by atoms with Crippen LogP contribution in [0.15, 0.2) is 27.8 Å². The Kier molecular flexibility index (Phi) is 4.47. The summed E-state index contributed by atoms with van der Waals surface area (Å²) in [6.45, 7) is 5.09. The Balaban J connectivity index is 2.86. The Hall–Kier alpha value is -3.45. The molecule has 0 amide bonds. The van der Waals surface area contributed by atoms with Crippen molar-refractivity contribution < 1.29 is 4.79 Å². The van der Waals surface area contributed by atoms with Gasteiger partial charge in [0.15, 0.2) is 6.19 Å². The lowest BCUT2D eigenvalue weighted by molar-refractivity contribution is 0.102. The molecule has 0 spiro atoms. The first kappa shape index (κ1) is 16.9. The maximum atomic E-state index is 12.9. The van der Waals surface area contributed by atoms with Crippen LogP contribution in [0.25, 0.3) is 0 Å². The van der Waals surface area contributed by atoms with Gasteiger partial charge in [-0.05, 0) is 36.6 Å². The van der Waals surface area contributed by atoms with Crippen molar-refractivity contribution >= 4 is 5.78 Å². The van der Waals surface area contributed by atoms with Crippen LogP contribution in [-0.2, 0) is 0 Å². The summed E-state index contributed by atoms with van der Waals surface area (Å²) in [5.41, 5.74) is -0.778. The normalized spacial score (nSPS) is 10.2.